The van der Waals surface area contributed by atoms with Crippen molar-refractivity contribution in [3.8, 4) is 0 Å². The summed E-state index contributed by atoms with van der Waals surface area (Å²) in [5.74, 6) is -27.5. The first-order chi connectivity index (χ1) is 8.48. The van der Waals surface area contributed by atoms with Gasteiger partial charge in [-0.3, -0.25) is 0 Å². The predicted molar refractivity (Wildman–Crippen MR) is 42.8 cm³/mol. The second-order valence-electron chi connectivity index (χ2n) is 3.95. The van der Waals surface area contributed by atoms with Crippen LogP contribution in [0.1, 0.15) is 13.3 Å². The fourth-order valence-corrected chi connectivity index (χ4v) is 1.10. The molecule has 122 valence electrons. The van der Waals surface area contributed by atoms with Crippen LogP contribution < -0.4 is 5.73 Å². The van der Waals surface area contributed by atoms with E-state index in [0.29, 0.717) is 0 Å². The average molecular weight is 328 g/mol. The van der Waals surface area contributed by atoms with Crippen LogP contribution in [0.4, 0.5) is 48.3 Å². The Morgan fingerprint density at radius 2 is 1.05 bits per heavy atom. The van der Waals surface area contributed by atoms with Crippen LogP contribution in [0.3, 0.4) is 0 Å². The lowest BCUT2D eigenvalue weighted by molar-refractivity contribution is -0.504. The minimum absolute atomic E-state index is 0.793. The summed E-state index contributed by atoms with van der Waals surface area (Å²) < 4.78 is 137. The van der Waals surface area contributed by atoms with Crippen molar-refractivity contribution in [1.29, 1.82) is 0 Å². The molecule has 0 spiro atoms. The molecule has 3 N–H and O–H groups in total. The number of hydrogen-bond donors (Lipinski definition) is 1. The molecule has 0 aliphatic heterocycles. The summed E-state index contributed by atoms with van der Waals surface area (Å²) >= 11 is 0. The smallest absolute Gasteiger partial charge is 0.350 e. The van der Waals surface area contributed by atoms with Crippen molar-refractivity contribution in [3.63, 3.8) is 0 Å². The van der Waals surface area contributed by atoms with Crippen molar-refractivity contribution in [3.05, 3.63) is 0 Å². The maximum atomic E-state index is 13.0. The normalized spacial score (nSPS) is 17.2. The molecule has 0 aliphatic rings. The summed E-state index contributed by atoms with van der Waals surface area (Å²) in [6.45, 7) is 0.793. The number of quaternary nitrogens is 1. The minimum atomic E-state index is -7.34. The van der Waals surface area contributed by atoms with Gasteiger partial charge in [0.15, 0.2) is 6.04 Å². The van der Waals surface area contributed by atoms with Crippen LogP contribution in [0.25, 0.3) is 0 Å². The Morgan fingerprint density at radius 3 is 1.30 bits per heavy atom. The number of hydrogen-bond acceptors (Lipinski definition) is 0. The van der Waals surface area contributed by atoms with Gasteiger partial charge in [-0.25, -0.2) is 0 Å². The third kappa shape index (κ3) is 2.42. The van der Waals surface area contributed by atoms with E-state index in [4.69, 9.17) is 0 Å². The van der Waals surface area contributed by atoms with Gasteiger partial charge in [-0.2, -0.15) is 48.3 Å². The molecule has 0 amide bonds. The number of halogens is 11. The van der Waals surface area contributed by atoms with E-state index in [-0.39, 0.29) is 0 Å². The highest BCUT2D eigenvalue weighted by molar-refractivity contribution is 5.07. The number of alkyl halides is 11. The minimum Gasteiger partial charge on any atom is -0.350 e. The monoisotopic (exact) mass is 328 g/mol. The highest BCUT2D eigenvalue weighted by Gasteiger charge is 2.88. The molecule has 0 fully saturated rings. The van der Waals surface area contributed by atoms with Crippen LogP contribution in [0, 0.1) is 0 Å². The van der Waals surface area contributed by atoms with Gasteiger partial charge in [0, 0.05) is 6.42 Å². The summed E-state index contributed by atoms with van der Waals surface area (Å²) in [5.41, 5.74) is 2.36. The SMILES string of the molecule is CCC([NH3+])C(F)(F)C(F)(F)C(F)(F)C(F)(F)C(F)(F)F. The third-order valence-corrected chi connectivity index (χ3v) is 2.57. The van der Waals surface area contributed by atoms with Crippen molar-refractivity contribution in [2.45, 2.75) is 49.3 Å². The van der Waals surface area contributed by atoms with E-state index in [2.05, 4.69) is 5.73 Å². The Hall–Kier alpha value is -0.810. The highest BCUT2D eigenvalue weighted by Crippen LogP contribution is 2.57. The van der Waals surface area contributed by atoms with Crippen LogP contribution in [-0.2, 0) is 0 Å². The van der Waals surface area contributed by atoms with Gasteiger partial charge in [0.1, 0.15) is 0 Å². The third-order valence-electron chi connectivity index (χ3n) is 2.57. The van der Waals surface area contributed by atoms with E-state index in [0.717, 1.165) is 6.92 Å². The van der Waals surface area contributed by atoms with Crippen molar-refractivity contribution >= 4 is 0 Å². The van der Waals surface area contributed by atoms with Gasteiger partial charge in [-0.05, 0) is 0 Å². The molecule has 0 aliphatic carbocycles. The molecule has 0 rings (SSSR count). The maximum Gasteiger partial charge on any atom is 0.460 e. The first kappa shape index (κ1) is 19.2. The van der Waals surface area contributed by atoms with Gasteiger partial charge in [0.2, 0.25) is 0 Å². The molecule has 1 unspecified atom stereocenters. The zero-order valence-corrected chi connectivity index (χ0v) is 9.65. The lowest BCUT2D eigenvalue weighted by atomic mass is 9.92. The van der Waals surface area contributed by atoms with E-state index in [1.807, 2.05) is 0 Å². The van der Waals surface area contributed by atoms with Crippen LogP contribution in [0.15, 0.2) is 0 Å². The van der Waals surface area contributed by atoms with E-state index >= 15 is 0 Å². The standard InChI is InChI=1S/C8H8F11N/c1-2-3(20)4(9,10)5(11,12)6(13,14)7(15,16)8(17,18)19/h3H,2,20H2,1H3/p+1. The summed E-state index contributed by atoms with van der Waals surface area (Å²) in [5, 5.41) is 0. The first-order valence-electron chi connectivity index (χ1n) is 4.89. The van der Waals surface area contributed by atoms with Gasteiger partial charge in [0.25, 0.3) is 0 Å². The Bertz CT molecular complexity index is 345. The molecule has 0 heterocycles. The molecule has 0 bridgehead atoms. The molecular weight excluding hydrogens is 319 g/mol. The summed E-state index contributed by atoms with van der Waals surface area (Å²) in [7, 11) is 0. The van der Waals surface area contributed by atoms with Crippen molar-refractivity contribution in [2.24, 2.45) is 0 Å². The lowest BCUT2D eigenvalue weighted by Gasteiger charge is -2.37. The Labute approximate surface area is 104 Å². The van der Waals surface area contributed by atoms with Gasteiger partial charge in [-0.1, -0.05) is 6.92 Å². The molecule has 1 atom stereocenters. The topological polar surface area (TPSA) is 27.6 Å². The van der Waals surface area contributed by atoms with E-state index in [9.17, 15) is 48.3 Å². The second kappa shape index (κ2) is 4.88. The summed E-state index contributed by atoms with van der Waals surface area (Å²) in [6, 6.07) is -2.78. The zero-order valence-electron chi connectivity index (χ0n) is 9.65. The quantitative estimate of drug-likeness (QED) is 0.751. The van der Waals surface area contributed by atoms with Gasteiger partial charge < -0.3 is 5.73 Å². The predicted octanol–water partition coefficient (Wildman–Crippen LogP) is 3.11. The van der Waals surface area contributed by atoms with Crippen molar-refractivity contribution < 1.29 is 54.0 Å². The van der Waals surface area contributed by atoms with Crippen LogP contribution in [-0.4, -0.2) is 35.9 Å². The second-order valence-corrected chi connectivity index (χ2v) is 3.95. The molecular formula is C8H9F11N+. The van der Waals surface area contributed by atoms with Gasteiger partial charge in [-0.15, -0.1) is 0 Å². The van der Waals surface area contributed by atoms with Crippen LogP contribution in [0.5, 0.6) is 0 Å². The van der Waals surface area contributed by atoms with Gasteiger partial charge in [0.05, 0.1) is 0 Å². The number of rotatable bonds is 5. The molecule has 0 aromatic heterocycles. The zero-order chi connectivity index (χ0) is 16.8. The van der Waals surface area contributed by atoms with Crippen LogP contribution in [0.2, 0.25) is 0 Å². The molecule has 0 radical (unpaired) electrons. The first-order valence-corrected chi connectivity index (χ1v) is 4.89. The molecule has 0 aromatic rings. The molecule has 0 saturated heterocycles. The Kier molecular flexibility index (Phi) is 4.68. The fourth-order valence-electron chi connectivity index (χ4n) is 1.10. The Balaban J connectivity index is 5.94. The molecule has 12 heteroatoms. The fraction of sp³-hybridized carbons (Fsp3) is 1.00. The van der Waals surface area contributed by atoms with Gasteiger partial charge >= 0.3 is 29.9 Å². The largest absolute Gasteiger partial charge is 0.460 e. The average Bonchev–Trinajstić information content (AvgIpc) is 2.25. The maximum absolute atomic E-state index is 13.0. The van der Waals surface area contributed by atoms with Crippen molar-refractivity contribution in [2.75, 3.05) is 0 Å². The lowest BCUT2D eigenvalue weighted by Crippen LogP contribution is -2.77. The van der Waals surface area contributed by atoms with E-state index in [1.165, 1.54) is 0 Å². The molecule has 0 aromatic carbocycles. The highest BCUT2D eigenvalue weighted by atomic mass is 19.4. The summed E-state index contributed by atoms with van der Waals surface area (Å²) in [4.78, 5) is 0. The van der Waals surface area contributed by atoms with E-state index in [1.54, 1.807) is 0 Å². The molecule has 20 heavy (non-hydrogen) atoms. The van der Waals surface area contributed by atoms with E-state index < -0.39 is 42.3 Å². The summed E-state index contributed by atoms with van der Waals surface area (Å²) in [6.07, 6.45) is -8.07. The molecule has 1 nitrogen and oxygen atoms in total. The Morgan fingerprint density at radius 1 is 0.700 bits per heavy atom. The van der Waals surface area contributed by atoms with Crippen molar-refractivity contribution in [1.82, 2.24) is 0 Å². The van der Waals surface area contributed by atoms with Crippen LogP contribution >= 0.6 is 0 Å². The molecule has 0 saturated carbocycles.